The quantitative estimate of drug-likeness (QED) is 0.195. The molecule has 0 aliphatic carbocycles. The van der Waals surface area contributed by atoms with Crippen LogP contribution in [0.2, 0.25) is 0 Å². The average molecular weight is 630 g/mol. The molecule has 0 saturated carbocycles. The fourth-order valence-electron chi connectivity index (χ4n) is 3.09. The maximum atomic E-state index is 13.0. The van der Waals surface area contributed by atoms with Crippen molar-refractivity contribution in [3.8, 4) is 33.6 Å². The molecule has 2 heterocycles. The molecule has 0 spiro atoms. The first-order valence-corrected chi connectivity index (χ1v) is 10.1. The Kier molecular flexibility index (Phi) is 7.47. The molecular weight excluding hydrogens is 607 g/mol. The third-order valence-electron chi connectivity index (χ3n) is 4.74. The molecule has 0 N–H and O–H groups in total. The van der Waals surface area contributed by atoms with E-state index in [4.69, 9.17) is 4.11 Å². The summed E-state index contributed by atoms with van der Waals surface area (Å²) in [6.07, 6.45) is 3.04. The van der Waals surface area contributed by atoms with Crippen LogP contribution in [0.3, 0.4) is 0 Å². The van der Waals surface area contributed by atoms with E-state index in [0.717, 1.165) is 17.3 Å². The SMILES string of the molecule is [2H]C([2H])([2H])c1ccc(-c2[c-]c(F)c(F)cc2)nc1.[Ir].[c-]1ccccc1-c1cc(-c2ccccc2)ccn1. The Hall–Kier alpha value is -3.53. The van der Waals surface area contributed by atoms with Crippen LogP contribution in [0.5, 0.6) is 0 Å². The maximum Gasteiger partial charge on any atom is 0.0751 e. The largest absolute Gasteiger partial charge is 0.305 e. The zero-order valence-electron chi connectivity index (χ0n) is 20.8. The molecule has 3 aromatic carbocycles. The van der Waals surface area contributed by atoms with Crippen LogP contribution in [-0.2, 0) is 20.1 Å². The van der Waals surface area contributed by atoms with Crippen molar-refractivity contribution in [2.75, 3.05) is 0 Å². The molecule has 0 bridgehead atoms. The van der Waals surface area contributed by atoms with Gasteiger partial charge in [0.1, 0.15) is 0 Å². The van der Waals surface area contributed by atoms with Gasteiger partial charge in [-0.25, -0.2) is 4.39 Å². The van der Waals surface area contributed by atoms with Crippen LogP contribution >= 0.6 is 0 Å². The van der Waals surface area contributed by atoms with Crippen molar-refractivity contribution in [1.82, 2.24) is 9.97 Å². The minimum atomic E-state index is -2.23. The molecule has 2 aromatic heterocycles. The summed E-state index contributed by atoms with van der Waals surface area (Å²) in [5.41, 5.74) is 5.06. The Morgan fingerprint density at radius 2 is 1.59 bits per heavy atom. The minimum absolute atomic E-state index is 0. The van der Waals surface area contributed by atoms with Crippen LogP contribution in [0.4, 0.5) is 8.78 Å². The smallest absolute Gasteiger partial charge is 0.0751 e. The Morgan fingerprint density at radius 3 is 2.26 bits per heavy atom. The number of rotatable bonds is 3. The third kappa shape index (κ3) is 6.50. The van der Waals surface area contributed by atoms with E-state index in [1.54, 1.807) is 0 Å². The van der Waals surface area contributed by atoms with Crippen LogP contribution in [0.1, 0.15) is 9.68 Å². The molecule has 5 aromatic rings. The molecular formula is C29H20F2IrN2-2. The van der Waals surface area contributed by atoms with Crippen molar-refractivity contribution in [3.05, 3.63) is 133 Å². The summed E-state index contributed by atoms with van der Waals surface area (Å²) >= 11 is 0. The van der Waals surface area contributed by atoms with E-state index in [1.165, 1.54) is 35.5 Å². The average Bonchev–Trinajstić information content (AvgIpc) is 2.91. The van der Waals surface area contributed by atoms with E-state index in [1.807, 2.05) is 54.7 Å². The third-order valence-corrected chi connectivity index (χ3v) is 4.74. The van der Waals surface area contributed by atoms with Gasteiger partial charge in [0.05, 0.1) is 11.6 Å². The summed E-state index contributed by atoms with van der Waals surface area (Å²) < 4.78 is 47.3. The van der Waals surface area contributed by atoms with Crippen LogP contribution in [0, 0.1) is 30.6 Å². The molecule has 0 amide bonds. The topological polar surface area (TPSA) is 25.8 Å². The summed E-state index contributed by atoms with van der Waals surface area (Å²) in [5.74, 6) is -2.08. The van der Waals surface area contributed by atoms with Gasteiger partial charge >= 0.3 is 0 Å². The van der Waals surface area contributed by atoms with E-state index >= 15 is 0 Å². The summed E-state index contributed by atoms with van der Waals surface area (Å²) in [4.78, 5) is 8.31. The van der Waals surface area contributed by atoms with Crippen LogP contribution in [0.25, 0.3) is 33.6 Å². The second kappa shape index (κ2) is 12.1. The van der Waals surface area contributed by atoms with Crippen LogP contribution in [0.15, 0.2) is 103 Å². The van der Waals surface area contributed by atoms with Gasteiger partial charge in [0, 0.05) is 36.6 Å². The number of halogens is 2. The molecule has 2 nitrogen and oxygen atoms in total. The van der Waals surface area contributed by atoms with Gasteiger partial charge in [0.25, 0.3) is 0 Å². The zero-order valence-corrected chi connectivity index (χ0v) is 20.2. The predicted molar refractivity (Wildman–Crippen MR) is 127 cm³/mol. The molecule has 171 valence electrons. The molecule has 0 atom stereocenters. The van der Waals surface area contributed by atoms with Crippen molar-refractivity contribution in [3.63, 3.8) is 0 Å². The van der Waals surface area contributed by atoms with Crippen LogP contribution < -0.4 is 0 Å². The predicted octanol–water partition coefficient (Wildman–Crippen LogP) is 7.35. The normalized spacial score (nSPS) is 11.6. The molecule has 0 unspecified atom stereocenters. The number of aryl methyl sites for hydroxylation is 1. The molecule has 1 radical (unpaired) electrons. The standard InChI is InChI=1S/C17H12N.C12H8F2N.Ir/c1-3-7-14(8-4-1)16-11-12-18-17(13-16)15-9-5-2-6-10-15;1-8-2-5-12(15-7-8)9-3-4-10(13)11(14)6-9;/h1-9,11-13H;2-5,7H,1H3;/q2*-1;/i;1D3;. The van der Waals surface area contributed by atoms with Gasteiger partial charge in [-0.05, 0) is 41.0 Å². The number of aromatic nitrogens is 2. The van der Waals surface area contributed by atoms with Crippen LogP contribution in [-0.4, -0.2) is 9.97 Å². The fraction of sp³-hybridized carbons (Fsp3) is 0.0345. The Morgan fingerprint density at radius 1 is 0.765 bits per heavy atom. The maximum absolute atomic E-state index is 13.0. The van der Waals surface area contributed by atoms with Gasteiger partial charge in [-0.15, -0.1) is 59.7 Å². The van der Waals surface area contributed by atoms with Crippen molar-refractivity contribution >= 4 is 0 Å². The number of pyridine rings is 2. The molecule has 5 heteroatoms. The van der Waals surface area contributed by atoms with E-state index in [-0.39, 0.29) is 31.2 Å². The monoisotopic (exact) mass is 630 g/mol. The van der Waals surface area contributed by atoms with Gasteiger partial charge in [-0.1, -0.05) is 48.5 Å². The van der Waals surface area contributed by atoms with Crippen molar-refractivity contribution in [2.45, 2.75) is 6.85 Å². The number of hydrogen-bond acceptors (Lipinski definition) is 2. The van der Waals surface area contributed by atoms with Crippen molar-refractivity contribution < 1.29 is 33.0 Å². The Bertz CT molecular complexity index is 1370. The second-order valence-electron chi connectivity index (χ2n) is 7.04. The Balaban J connectivity index is 0.000000200. The summed E-state index contributed by atoms with van der Waals surface area (Å²) in [6.45, 7) is -2.23. The Labute approximate surface area is 215 Å². The molecule has 34 heavy (non-hydrogen) atoms. The van der Waals surface area contributed by atoms with Crippen molar-refractivity contribution in [1.29, 1.82) is 0 Å². The first-order chi connectivity index (χ1) is 17.3. The first-order valence-electron chi connectivity index (χ1n) is 11.6. The second-order valence-corrected chi connectivity index (χ2v) is 7.04. The van der Waals surface area contributed by atoms with Gasteiger partial charge in [-0.3, -0.25) is 4.39 Å². The van der Waals surface area contributed by atoms with Gasteiger partial charge < -0.3 is 9.97 Å². The van der Waals surface area contributed by atoms with Gasteiger partial charge in [0.15, 0.2) is 0 Å². The van der Waals surface area contributed by atoms with E-state index in [0.29, 0.717) is 5.69 Å². The number of benzene rings is 3. The van der Waals surface area contributed by atoms with E-state index in [9.17, 15) is 8.78 Å². The fourth-order valence-corrected chi connectivity index (χ4v) is 3.09. The van der Waals surface area contributed by atoms with E-state index < -0.39 is 18.5 Å². The zero-order chi connectivity index (χ0) is 25.5. The summed E-state index contributed by atoms with van der Waals surface area (Å²) in [6, 6.07) is 32.9. The minimum Gasteiger partial charge on any atom is -0.305 e. The molecule has 0 aliphatic rings. The number of nitrogens with zero attached hydrogens (tertiary/aromatic N) is 2. The van der Waals surface area contributed by atoms with E-state index in [2.05, 4.69) is 40.3 Å². The van der Waals surface area contributed by atoms with Gasteiger partial charge in [-0.2, -0.15) is 0 Å². The molecule has 0 saturated heterocycles. The summed E-state index contributed by atoms with van der Waals surface area (Å²) in [7, 11) is 0. The van der Waals surface area contributed by atoms with Gasteiger partial charge in [0.2, 0.25) is 0 Å². The molecule has 0 aliphatic heterocycles. The molecule has 0 fully saturated rings. The number of hydrogen-bond donors (Lipinski definition) is 0. The molecule has 5 rings (SSSR count). The van der Waals surface area contributed by atoms with Crippen molar-refractivity contribution in [2.24, 2.45) is 0 Å². The first kappa shape index (κ1) is 21.0. The summed E-state index contributed by atoms with van der Waals surface area (Å²) in [5, 5.41) is 0.